The number of benzene rings is 1. The van der Waals surface area contributed by atoms with Crippen LogP contribution in [0.25, 0.3) is 0 Å². The maximum Gasteiger partial charge on any atom is 0.119 e. The minimum absolute atomic E-state index is 0.441. The maximum atomic E-state index is 6.07. The lowest BCUT2D eigenvalue weighted by molar-refractivity contribution is 0.264. The minimum atomic E-state index is 0.441. The van der Waals surface area contributed by atoms with Crippen molar-refractivity contribution in [3.05, 3.63) is 76.2 Å². The van der Waals surface area contributed by atoms with E-state index >= 15 is 0 Å². The predicted molar refractivity (Wildman–Crippen MR) is 178 cm³/mol. The molecule has 0 bridgehead atoms. The fourth-order valence-electron chi connectivity index (χ4n) is 5.16. The van der Waals surface area contributed by atoms with Crippen molar-refractivity contribution in [2.75, 3.05) is 6.61 Å². The number of hydrogen-bond acceptors (Lipinski definition) is 3. The fraction of sp³-hybridized carbons (Fsp3) is 0.583. The third-order valence-corrected chi connectivity index (χ3v) is 7.76. The van der Waals surface area contributed by atoms with Gasteiger partial charge in [0.05, 0.1) is 6.61 Å². The molecule has 39 heavy (non-hydrogen) atoms. The molecule has 1 N–H and O–H groups in total. The minimum Gasteiger partial charge on any atom is -0.494 e. The monoisotopic (exact) mass is 551 g/mol. The van der Waals surface area contributed by atoms with Crippen molar-refractivity contribution >= 4 is 17.6 Å². The first kappa shape index (κ1) is 34.9. The topological polar surface area (TPSA) is 21.3 Å². The zero-order valence-electron chi connectivity index (χ0n) is 26.4. The highest BCUT2D eigenvalue weighted by Crippen LogP contribution is 2.24. The summed E-state index contributed by atoms with van der Waals surface area (Å²) in [4.78, 5) is 0. The van der Waals surface area contributed by atoms with Crippen molar-refractivity contribution < 1.29 is 4.74 Å². The number of nitrogens with one attached hydrogen (secondary N) is 1. The molecule has 1 aromatic rings. The summed E-state index contributed by atoms with van der Waals surface area (Å²) in [5, 5.41) is 5.38. The van der Waals surface area contributed by atoms with Crippen molar-refractivity contribution in [2.45, 2.75) is 120 Å². The van der Waals surface area contributed by atoms with Gasteiger partial charge in [-0.05, 0) is 118 Å². The maximum absolute atomic E-state index is 6.07. The van der Waals surface area contributed by atoms with Crippen molar-refractivity contribution in [1.82, 2.24) is 5.32 Å². The van der Waals surface area contributed by atoms with Crippen molar-refractivity contribution in [3.63, 3.8) is 0 Å². The lowest BCUT2D eigenvalue weighted by atomic mass is 9.94. The first-order chi connectivity index (χ1) is 18.7. The first-order valence-electron chi connectivity index (χ1n) is 15.4. The molecule has 0 aliphatic heterocycles. The van der Waals surface area contributed by atoms with Gasteiger partial charge in [0.15, 0.2) is 0 Å². The SMILES string of the molecule is CCC/C(C)=C/NC(=C(C)C=C(C)C(C)=CC=S)C(C)CCCc1ccc(OCCC(CCC)CCC)cc1. The van der Waals surface area contributed by atoms with E-state index in [4.69, 9.17) is 17.0 Å². The summed E-state index contributed by atoms with van der Waals surface area (Å²) >= 11 is 5.02. The molecule has 1 unspecified atom stereocenters. The van der Waals surface area contributed by atoms with E-state index in [9.17, 15) is 0 Å². The number of allylic oxidation sites excluding steroid dienone is 7. The Bertz CT molecular complexity index is 945. The van der Waals surface area contributed by atoms with Crippen LogP contribution in [0.15, 0.2) is 70.6 Å². The van der Waals surface area contributed by atoms with Gasteiger partial charge in [0.2, 0.25) is 0 Å². The molecule has 0 spiro atoms. The van der Waals surface area contributed by atoms with E-state index in [1.165, 1.54) is 65.7 Å². The van der Waals surface area contributed by atoms with Gasteiger partial charge < -0.3 is 10.1 Å². The Morgan fingerprint density at radius 3 is 2.15 bits per heavy atom. The number of thiocarbonyl (C=S) groups is 1. The molecule has 0 saturated heterocycles. The van der Waals surface area contributed by atoms with Crippen LogP contribution in [0.3, 0.4) is 0 Å². The third kappa shape index (κ3) is 14.7. The Hall–Kier alpha value is -2.13. The quantitative estimate of drug-likeness (QED) is 0.0989. The summed E-state index contributed by atoms with van der Waals surface area (Å²) in [6.07, 6.45) is 18.5. The number of hydrogen-bond donors (Lipinski definition) is 1. The molecular formula is C36H57NOS. The largest absolute Gasteiger partial charge is 0.494 e. The van der Waals surface area contributed by atoms with E-state index in [2.05, 4.69) is 97.2 Å². The predicted octanol–water partition coefficient (Wildman–Crippen LogP) is 11.1. The van der Waals surface area contributed by atoms with Crippen LogP contribution in [-0.2, 0) is 6.42 Å². The fourth-order valence-corrected chi connectivity index (χ4v) is 5.37. The molecular weight excluding hydrogens is 494 g/mol. The second-order valence-corrected chi connectivity index (χ2v) is 11.6. The highest BCUT2D eigenvalue weighted by Gasteiger charge is 2.12. The van der Waals surface area contributed by atoms with Crippen LogP contribution in [0.4, 0.5) is 0 Å². The average molecular weight is 552 g/mol. The highest BCUT2D eigenvalue weighted by molar-refractivity contribution is 7.79. The Morgan fingerprint density at radius 1 is 0.897 bits per heavy atom. The molecule has 1 rings (SSSR count). The van der Waals surface area contributed by atoms with Gasteiger partial charge in [0.25, 0.3) is 0 Å². The van der Waals surface area contributed by atoms with E-state index in [0.29, 0.717) is 5.92 Å². The number of aryl methyl sites for hydroxylation is 1. The Morgan fingerprint density at radius 2 is 1.56 bits per heavy atom. The molecule has 2 nitrogen and oxygen atoms in total. The molecule has 0 aliphatic carbocycles. The summed E-state index contributed by atoms with van der Waals surface area (Å²) in [7, 11) is 0. The Labute approximate surface area is 247 Å². The normalized spacial score (nSPS) is 14.3. The van der Waals surface area contributed by atoms with Crippen LogP contribution < -0.4 is 10.1 Å². The van der Waals surface area contributed by atoms with Gasteiger partial charge in [-0.1, -0.05) is 95.8 Å². The molecule has 0 radical (unpaired) electrons. The summed E-state index contributed by atoms with van der Waals surface area (Å²) < 4.78 is 6.07. The van der Waals surface area contributed by atoms with E-state index in [1.807, 2.05) is 6.08 Å². The molecule has 0 aliphatic rings. The van der Waals surface area contributed by atoms with Crippen LogP contribution in [0.5, 0.6) is 5.75 Å². The zero-order valence-corrected chi connectivity index (χ0v) is 27.2. The smallest absolute Gasteiger partial charge is 0.119 e. The molecule has 218 valence electrons. The lowest BCUT2D eigenvalue weighted by Gasteiger charge is -2.20. The summed E-state index contributed by atoms with van der Waals surface area (Å²) in [6.45, 7) is 18.7. The Balaban J connectivity index is 2.78. The highest BCUT2D eigenvalue weighted by atomic mass is 32.1. The molecule has 0 heterocycles. The van der Waals surface area contributed by atoms with Gasteiger partial charge in [-0.15, -0.1) is 0 Å². The molecule has 0 aromatic heterocycles. The van der Waals surface area contributed by atoms with Crippen LogP contribution in [0.2, 0.25) is 0 Å². The van der Waals surface area contributed by atoms with Crippen LogP contribution in [-0.4, -0.2) is 12.0 Å². The standard InChI is InChI=1S/C36H57NOS/c1-9-13-28(4)27-37-36(32(8)26-31(7)29(5)23-25-39)30(6)16-12-17-34-18-20-35(21-19-34)38-24-22-33(14-10-2)15-11-3/h18-21,23,25-27,30,33,37H,9-17,22,24H2,1-8H3/b28-27+,29-23?,31-26?,36-32?. The van der Waals surface area contributed by atoms with E-state index in [1.54, 1.807) is 5.37 Å². The van der Waals surface area contributed by atoms with Crippen LogP contribution in [0.1, 0.15) is 119 Å². The van der Waals surface area contributed by atoms with Crippen molar-refractivity contribution in [1.29, 1.82) is 0 Å². The summed E-state index contributed by atoms with van der Waals surface area (Å²) in [5.41, 5.74) is 7.84. The molecule has 0 amide bonds. The second kappa shape index (κ2) is 20.7. The molecule has 1 aromatic carbocycles. The van der Waals surface area contributed by atoms with Gasteiger partial charge in [-0.2, -0.15) is 0 Å². The Kier molecular flexibility index (Phi) is 18.5. The zero-order chi connectivity index (χ0) is 29.0. The van der Waals surface area contributed by atoms with E-state index in [-0.39, 0.29) is 0 Å². The summed E-state index contributed by atoms with van der Waals surface area (Å²) in [6, 6.07) is 8.78. The van der Waals surface area contributed by atoms with Gasteiger partial charge >= 0.3 is 0 Å². The van der Waals surface area contributed by atoms with Gasteiger partial charge in [0, 0.05) is 11.1 Å². The molecule has 0 saturated carbocycles. The molecule has 3 heteroatoms. The molecule has 0 fully saturated rings. The number of ether oxygens (including phenoxy) is 1. The van der Waals surface area contributed by atoms with E-state index in [0.717, 1.165) is 50.4 Å². The van der Waals surface area contributed by atoms with Gasteiger partial charge in [-0.3, -0.25) is 0 Å². The van der Waals surface area contributed by atoms with Gasteiger partial charge in [0.1, 0.15) is 5.75 Å². The average Bonchev–Trinajstić information content (AvgIpc) is 2.90. The first-order valence-corrected chi connectivity index (χ1v) is 15.9. The third-order valence-electron chi connectivity index (χ3n) is 7.62. The molecule has 1 atom stereocenters. The van der Waals surface area contributed by atoms with Crippen molar-refractivity contribution in [2.24, 2.45) is 11.8 Å². The number of rotatable bonds is 20. The van der Waals surface area contributed by atoms with Crippen LogP contribution in [0, 0.1) is 11.8 Å². The van der Waals surface area contributed by atoms with Crippen LogP contribution >= 0.6 is 12.2 Å². The van der Waals surface area contributed by atoms with Crippen molar-refractivity contribution in [3.8, 4) is 5.75 Å². The lowest BCUT2D eigenvalue weighted by Crippen LogP contribution is -2.16. The summed E-state index contributed by atoms with van der Waals surface area (Å²) in [5.74, 6) is 2.24. The van der Waals surface area contributed by atoms with Gasteiger partial charge in [-0.25, -0.2) is 0 Å². The van der Waals surface area contributed by atoms with E-state index < -0.39 is 0 Å². The second-order valence-electron chi connectivity index (χ2n) is 11.3.